The molecule has 32 heavy (non-hydrogen) atoms. The Morgan fingerprint density at radius 3 is 2.31 bits per heavy atom. The van der Waals surface area contributed by atoms with Gasteiger partial charge in [-0.05, 0) is 36.2 Å². The van der Waals surface area contributed by atoms with Crippen molar-refractivity contribution < 1.29 is 8.42 Å². The van der Waals surface area contributed by atoms with Gasteiger partial charge in [-0.3, -0.25) is 14.8 Å². The van der Waals surface area contributed by atoms with E-state index in [9.17, 15) is 8.42 Å². The molecule has 6 nitrogen and oxygen atoms in total. The third-order valence-electron chi connectivity index (χ3n) is 5.96. The number of sulfonamides is 1. The van der Waals surface area contributed by atoms with Gasteiger partial charge in [-0.15, -0.1) is 0 Å². The molecule has 1 fully saturated rings. The zero-order chi connectivity index (χ0) is 22.4. The third kappa shape index (κ3) is 5.81. The predicted octanol–water partition coefficient (Wildman–Crippen LogP) is 3.23. The lowest BCUT2D eigenvalue weighted by molar-refractivity contribution is 0.0927. The lowest BCUT2D eigenvalue weighted by Gasteiger charge is -2.39. The molecule has 0 amide bonds. The number of hydrogen-bond acceptors (Lipinski definition) is 5. The molecule has 0 aliphatic carbocycles. The summed E-state index contributed by atoms with van der Waals surface area (Å²) in [5.41, 5.74) is 3.37. The predicted molar refractivity (Wildman–Crippen MR) is 127 cm³/mol. The van der Waals surface area contributed by atoms with Gasteiger partial charge in [0.1, 0.15) is 0 Å². The van der Waals surface area contributed by atoms with Crippen LogP contribution in [0.2, 0.25) is 0 Å². The summed E-state index contributed by atoms with van der Waals surface area (Å²) in [5.74, 6) is 0. The molecule has 1 N–H and O–H groups in total. The van der Waals surface area contributed by atoms with E-state index in [0.29, 0.717) is 11.4 Å². The number of benzene rings is 2. The van der Waals surface area contributed by atoms with Gasteiger partial charge >= 0.3 is 0 Å². The van der Waals surface area contributed by atoms with E-state index in [4.69, 9.17) is 0 Å². The first-order valence-corrected chi connectivity index (χ1v) is 12.5. The minimum atomic E-state index is -3.58. The fourth-order valence-electron chi connectivity index (χ4n) is 4.09. The van der Waals surface area contributed by atoms with Crippen LogP contribution < -0.4 is 4.72 Å². The van der Waals surface area contributed by atoms with E-state index in [1.165, 1.54) is 5.56 Å². The number of hydrogen-bond donors (Lipinski definition) is 1. The Morgan fingerprint density at radius 1 is 0.938 bits per heavy atom. The van der Waals surface area contributed by atoms with Crippen molar-refractivity contribution in [2.45, 2.75) is 24.4 Å². The van der Waals surface area contributed by atoms with Crippen LogP contribution in [0.3, 0.4) is 0 Å². The first-order valence-electron chi connectivity index (χ1n) is 11.0. The molecule has 168 valence electrons. The van der Waals surface area contributed by atoms with Crippen LogP contribution in [0.15, 0.2) is 84.0 Å². The normalized spacial score (nSPS) is 16.7. The molecular formula is C25H30N4O2S. The van der Waals surface area contributed by atoms with Gasteiger partial charge in [0.05, 0.1) is 4.90 Å². The molecule has 1 aliphatic rings. The second-order valence-corrected chi connectivity index (χ2v) is 10.0. The van der Waals surface area contributed by atoms with Crippen molar-refractivity contribution in [2.75, 3.05) is 32.7 Å². The van der Waals surface area contributed by atoms with Crippen molar-refractivity contribution in [1.29, 1.82) is 0 Å². The first kappa shape index (κ1) is 22.6. The van der Waals surface area contributed by atoms with Gasteiger partial charge in [0.15, 0.2) is 0 Å². The summed E-state index contributed by atoms with van der Waals surface area (Å²) in [6.07, 6.45) is 3.58. The van der Waals surface area contributed by atoms with Crippen molar-refractivity contribution in [3.05, 3.63) is 95.8 Å². The van der Waals surface area contributed by atoms with Gasteiger partial charge in [0.25, 0.3) is 0 Å². The quantitative estimate of drug-likeness (QED) is 0.571. The molecule has 0 unspecified atom stereocenters. The van der Waals surface area contributed by atoms with Crippen LogP contribution in [0.4, 0.5) is 0 Å². The van der Waals surface area contributed by atoms with Crippen LogP contribution in [0, 0.1) is 6.92 Å². The highest BCUT2D eigenvalue weighted by atomic mass is 32.2. The minimum Gasteiger partial charge on any atom is -0.297 e. The largest absolute Gasteiger partial charge is 0.297 e. The van der Waals surface area contributed by atoms with E-state index in [1.807, 2.05) is 43.5 Å². The molecule has 2 heterocycles. The van der Waals surface area contributed by atoms with Crippen LogP contribution in [-0.4, -0.2) is 55.9 Å². The molecule has 0 radical (unpaired) electrons. The fourth-order valence-corrected chi connectivity index (χ4v) is 5.13. The topological polar surface area (TPSA) is 65.5 Å². The molecule has 0 spiro atoms. The van der Waals surface area contributed by atoms with Crippen molar-refractivity contribution >= 4 is 10.0 Å². The SMILES string of the molecule is Cc1ccc(S(=O)(=O)NC[C@@H](c2cccnc2)N2CCN(Cc3ccccc3)CC2)cc1. The lowest BCUT2D eigenvalue weighted by Crippen LogP contribution is -2.49. The highest BCUT2D eigenvalue weighted by Crippen LogP contribution is 2.22. The molecule has 4 rings (SSSR count). The standard InChI is InChI=1S/C25H30N4O2S/c1-21-9-11-24(12-10-21)32(30,31)27-19-25(23-8-5-13-26-18-23)29-16-14-28(15-17-29)20-22-6-3-2-4-7-22/h2-13,18,25,27H,14-17,19-20H2,1H3/t25-/m0/s1. The summed E-state index contributed by atoms with van der Waals surface area (Å²) in [7, 11) is -3.58. The number of nitrogens with zero attached hydrogens (tertiary/aromatic N) is 3. The summed E-state index contributed by atoms with van der Waals surface area (Å²) in [5, 5.41) is 0. The van der Waals surface area contributed by atoms with Crippen LogP contribution in [-0.2, 0) is 16.6 Å². The second-order valence-electron chi connectivity index (χ2n) is 8.26. The summed E-state index contributed by atoms with van der Waals surface area (Å²) in [6.45, 7) is 6.82. The van der Waals surface area contributed by atoms with Crippen LogP contribution in [0.25, 0.3) is 0 Å². The Balaban J connectivity index is 1.43. The van der Waals surface area contributed by atoms with Crippen LogP contribution in [0.5, 0.6) is 0 Å². The van der Waals surface area contributed by atoms with Gasteiger partial charge in [0, 0.05) is 57.7 Å². The maximum atomic E-state index is 12.9. The van der Waals surface area contributed by atoms with E-state index in [0.717, 1.165) is 43.9 Å². The summed E-state index contributed by atoms with van der Waals surface area (Å²) in [6, 6.07) is 21.3. The third-order valence-corrected chi connectivity index (χ3v) is 7.40. The van der Waals surface area contributed by atoms with E-state index >= 15 is 0 Å². The number of pyridine rings is 1. The first-order chi connectivity index (χ1) is 15.5. The Bertz CT molecular complexity index is 1080. The number of rotatable bonds is 8. The Kier molecular flexibility index (Phi) is 7.32. The Hall–Kier alpha value is -2.58. The maximum absolute atomic E-state index is 12.9. The van der Waals surface area contributed by atoms with E-state index in [2.05, 4.69) is 43.8 Å². The summed E-state index contributed by atoms with van der Waals surface area (Å²) in [4.78, 5) is 9.37. The molecular weight excluding hydrogens is 420 g/mol. The fraction of sp³-hybridized carbons (Fsp3) is 0.320. The van der Waals surface area contributed by atoms with Gasteiger partial charge in [-0.1, -0.05) is 54.1 Å². The molecule has 7 heteroatoms. The monoisotopic (exact) mass is 450 g/mol. The number of piperazine rings is 1. The molecule has 3 aromatic rings. The van der Waals surface area contributed by atoms with Crippen molar-refractivity contribution in [2.24, 2.45) is 0 Å². The molecule has 1 atom stereocenters. The van der Waals surface area contributed by atoms with Gasteiger partial charge in [-0.25, -0.2) is 13.1 Å². The zero-order valence-electron chi connectivity index (χ0n) is 18.4. The van der Waals surface area contributed by atoms with Gasteiger partial charge < -0.3 is 0 Å². The number of aryl methyl sites for hydroxylation is 1. The van der Waals surface area contributed by atoms with E-state index in [1.54, 1.807) is 18.3 Å². The highest BCUT2D eigenvalue weighted by Gasteiger charge is 2.27. The highest BCUT2D eigenvalue weighted by molar-refractivity contribution is 7.89. The molecule has 1 saturated heterocycles. The maximum Gasteiger partial charge on any atom is 0.240 e. The molecule has 2 aromatic carbocycles. The summed E-state index contributed by atoms with van der Waals surface area (Å²) >= 11 is 0. The minimum absolute atomic E-state index is 0.0669. The molecule has 1 aliphatic heterocycles. The van der Waals surface area contributed by atoms with Gasteiger partial charge in [0.2, 0.25) is 10.0 Å². The zero-order valence-corrected chi connectivity index (χ0v) is 19.2. The summed E-state index contributed by atoms with van der Waals surface area (Å²) < 4.78 is 28.6. The lowest BCUT2D eigenvalue weighted by atomic mass is 10.1. The average molecular weight is 451 g/mol. The molecule has 0 bridgehead atoms. The molecule has 0 saturated carbocycles. The van der Waals surface area contributed by atoms with E-state index < -0.39 is 10.0 Å². The smallest absolute Gasteiger partial charge is 0.240 e. The van der Waals surface area contributed by atoms with Crippen molar-refractivity contribution in [3.63, 3.8) is 0 Å². The number of nitrogens with one attached hydrogen (secondary N) is 1. The Morgan fingerprint density at radius 2 is 1.66 bits per heavy atom. The van der Waals surface area contributed by atoms with E-state index in [-0.39, 0.29) is 6.04 Å². The van der Waals surface area contributed by atoms with Crippen LogP contribution >= 0.6 is 0 Å². The second kappa shape index (κ2) is 10.4. The van der Waals surface area contributed by atoms with Crippen molar-refractivity contribution in [1.82, 2.24) is 19.5 Å². The van der Waals surface area contributed by atoms with Gasteiger partial charge in [-0.2, -0.15) is 0 Å². The van der Waals surface area contributed by atoms with Crippen LogP contribution in [0.1, 0.15) is 22.7 Å². The average Bonchev–Trinajstić information content (AvgIpc) is 2.82. The molecule has 1 aromatic heterocycles. The number of aromatic nitrogens is 1. The van der Waals surface area contributed by atoms with Crippen molar-refractivity contribution in [3.8, 4) is 0 Å². The Labute approximate surface area is 191 Å².